The van der Waals surface area contributed by atoms with Gasteiger partial charge in [-0.1, -0.05) is 20.8 Å². The van der Waals surface area contributed by atoms with Crippen LogP contribution >= 0.6 is 0 Å². The molecule has 20 heavy (non-hydrogen) atoms. The molecule has 0 aromatic heterocycles. The van der Waals surface area contributed by atoms with Crippen molar-refractivity contribution in [3.63, 3.8) is 0 Å². The Bertz CT molecular complexity index is 305. The first-order chi connectivity index (χ1) is 9.45. The fraction of sp³-hybridized carbons (Fsp3) is 1.00. The van der Waals surface area contributed by atoms with Gasteiger partial charge in [-0.05, 0) is 57.5 Å². The molecule has 2 fully saturated rings. The highest BCUT2D eigenvalue weighted by atomic mass is 16.5. The smallest absolute Gasteiger partial charge is 0.0702 e. The van der Waals surface area contributed by atoms with Crippen molar-refractivity contribution in [1.82, 2.24) is 10.2 Å². The molecule has 0 aromatic carbocycles. The van der Waals surface area contributed by atoms with Crippen molar-refractivity contribution < 1.29 is 4.74 Å². The van der Waals surface area contributed by atoms with E-state index in [0.29, 0.717) is 23.6 Å². The highest BCUT2D eigenvalue weighted by Gasteiger charge is 2.42. The molecule has 1 saturated carbocycles. The maximum absolute atomic E-state index is 5.73. The fourth-order valence-corrected chi connectivity index (χ4v) is 4.26. The largest absolute Gasteiger partial charge is 0.377 e. The Balaban J connectivity index is 1.93. The predicted molar refractivity (Wildman–Crippen MR) is 85.0 cm³/mol. The number of hydrogen-bond donors (Lipinski definition) is 1. The Morgan fingerprint density at radius 3 is 2.65 bits per heavy atom. The summed E-state index contributed by atoms with van der Waals surface area (Å²) in [5.41, 5.74) is 0.443. The van der Waals surface area contributed by atoms with Gasteiger partial charge in [-0.2, -0.15) is 0 Å². The Morgan fingerprint density at radius 1 is 1.30 bits per heavy atom. The Hall–Kier alpha value is -0.120. The van der Waals surface area contributed by atoms with Gasteiger partial charge in [-0.25, -0.2) is 0 Å². The number of nitrogens with one attached hydrogen (secondary N) is 1. The van der Waals surface area contributed by atoms with Crippen LogP contribution in [0.4, 0.5) is 0 Å². The summed E-state index contributed by atoms with van der Waals surface area (Å²) in [5, 5.41) is 3.82. The summed E-state index contributed by atoms with van der Waals surface area (Å²) in [5.74, 6) is 0.786. The summed E-state index contributed by atoms with van der Waals surface area (Å²) in [7, 11) is 2.29. The molecule has 2 aliphatic rings. The molecule has 0 amide bonds. The zero-order chi connectivity index (χ0) is 14.8. The average molecular weight is 282 g/mol. The standard InChI is InChI=1S/C17H34N2O/c1-6-10-18-16-14(7-9-17(16,3)4)12-19(5)15-8-11-20-13(15)2/h13-16,18H,6-12H2,1-5H3. The maximum atomic E-state index is 5.73. The van der Waals surface area contributed by atoms with Crippen LogP contribution in [0.25, 0.3) is 0 Å². The molecule has 4 atom stereocenters. The molecule has 118 valence electrons. The van der Waals surface area contributed by atoms with E-state index < -0.39 is 0 Å². The van der Waals surface area contributed by atoms with Crippen LogP contribution < -0.4 is 5.32 Å². The van der Waals surface area contributed by atoms with E-state index in [1.165, 1.54) is 32.2 Å². The molecule has 0 radical (unpaired) electrons. The van der Waals surface area contributed by atoms with Crippen LogP contribution in [-0.2, 0) is 4.74 Å². The van der Waals surface area contributed by atoms with Crippen LogP contribution in [0, 0.1) is 11.3 Å². The SMILES string of the molecule is CCCNC1C(CN(C)C2CCOC2C)CCC1(C)C. The molecule has 1 aliphatic carbocycles. The average Bonchev–Trinajstić information content (AvgIpc) is 2.92. The van der Waals surface area contributed by atoms with Gasteiger partial charge < -0.3 is 15.0 Å². The molecule has 0 bridgehead atoms. The normalized spacial score (nSPS) is 36.9. The lowest BCUT2D eigenvalue weighted by atomic mass is 9.84. The molecule has 3 nitrogen and oxygen atoms in total. The quantitative estimate of drug-likeness (QED) is 0.811. The zero-order valence-electron chi connectivity index (χ0n) is 14.1. The lowest BCUT2D eigenvalue weighted by Gasteiger charge is -2.35. The highest BCUT2D eigenvalue weighted by Crippen LogP contribution is 2.42. The minimum absolute atomic E-state index is 0.400. The number of ether oxygens (including phenoxy) is 1. The van der Waals surface area contributed by atoms with Crippen LogP contribution in [0.15, 0.2) is 0 Å². The van der Waals surface area contributed by atoms with Gasteiger partial charge in [0, 0.05) is 25.2 Å². The summed E-state index contributed by atoms with van der Waals surface area (Å²) in [6.45, 7) is 12.6. The molecule has 1 aliphatic heterocycles. The van der Waals surface area contributed by atoms with Gasteiger partial charge in [-0.15, -0.1) is 0 Å². The highest BCUT2D eigenvalue weighted by molar-refractivity contribution is 4.97. The third-order valence-electron chi connectivity index (χ3n) is 5.51. The zero-order valence-corrected chi connectivity index (χ0v) is 14.1. The van der Waals surface area contributed by atoms with Crippen molar-refractivity contribution in [1.29, 1.82) is 0 Å². The molecule has 1 N–H and O–H groups in total. The number of likely N-dealkylation sites (N-methyl/N-ethyl adjacent to an activating group) is 1. The second kappa shape index (κ2) is 6.76. The van der Waals surface area contributed by atoms with E-state index in [-0.39, 0.29) is 0 Å². The minimum Gasteiger partial charge on any atom is -0.377 e. The first-order valence-corrected chi connectivity index (χ1v) is 8.51. The van der Waals surface area contributed by atoms with E-state index in [0.717, 1.165) is 19.1 Å². The fourth-order valence-electron chi connectivity index (χ4n) is 4.26. The lowest BCUT2D eigenvalue weighted by molar-refractivity contribution is 0.0748. The molecular weight excluding hydrogens is 248 g/mol. The number of hydrogen-bond acceptors (Lipinski definition) is 3. The molecule has 4 unspecified atom stereocenters. The Labute approximate surface area is 125 Å². The van der Waals surface area contributed by atoms with E-state index in [1.54, 1.807) is 0 Å². The van der Waals surface area contributed by atoms with Crippen molar-refractivity contribution in [2.24, 2.45) is 11.3 Å². The first kappa shape index (κ1) is 16.3. The van der Waals surface area contributed by atoms with E-state index >= 15 is 0 Å². The second-order valence-corrected chi connectivity index (χ2v) is 7.59. The van der Waals surface area contributed by atoms with Gasteiger partial charge >= 0.3 is 0 Å². The predicted octanol–water partition coefficient (Wildman–Crippen LogP) is 2.90. The van der Waals surface area contributed by atoms with E-state index in [9.17, 15) is 0 Å². The van der Waals surface area contributed by atoms with Crippen molar-refractivity contribution in [3.05, 3.63) is 0 Å². The molecule has 1 saturated heterocycles. The third-order valence-corrected chi connectivity index (χ3v) is 5.51. The maximum Gasteiger partial charge on any atom is 0.0702 e. The molecular formula is C17H34N2O. The summed E-state index contributed by atoms with van der Waals surface area (Å²) in [4.78, 5) is 2.56. The van der Waals surface area contributed by atoms with Crippen molar-refractivity contribution in [2.75, 3.05) is 26.7 Å². The van der Waals surface area contributed by atoms with Crippen LogP contribution in [0.2, 0.25) is 0 Å². The molecule has 3 heteroatoms. The van der Waals surface area contributed by atoms with Crippen molar-refractivity contribution >= 4 is 0 Å². The molecule has 0 aromatic rings. The van der Waals surface area contributed by atoms with E-state index in [4.69, 9.17) is 4.74 Å². The van der Waals surface area contributed by atoms with Gasteiger partial charge in [0.1, 0.15) is 0 Å². The van der Waals surface area contributed by atoms with Gasteiger partial charge in [0.2, 0.25) is 0 Å². The Kier molecular flexibility index (Phi) is 5.49. The van der Waals surface area contributed by atoms with Crippen LogP contribution in [-0.4, -0.2) is 49.8 Å². The second-order valence-electron chi connectivity index (χ2n) is 7.59. The summed E-state index contributed by atoms with van der Waals surface area (Å²) < 4.78 is 5.73. The molecule has 0 spiro atoms. The first-order valence-electron chi connectivity index (χ1n) is 8.51. The summed E-state index contributed by atoms with van der Waals surface area (Å²) >= 11 is 0. The summed E-state index contributed by atoms with van der Waals surface area (Å²) in [6, 6.07) is 1.29. The van der Waals surface area contributed by atoms with E-state index in [1.807, 2.05) is 0 Å². The van der Waals surface area contributed by atoms with Crippen LogP contribution in [0.5, 0.6) is 0 Å². The molecule has 1 heterocycles. The van der Waals surface area contributed by atoms with Gasteiger partial charge in [-0.3, -0.25) is 0 Å². The van der Waals surface area contributed by atoms with Crippen molar-refractivity contribution in [3.8, 4) is 0 Å². The van der Waals surface area contributed by atoms with Gasteiger partial charge in [0.05, 0.1) is 6.10 Å². The van der Waals surface area contributed by atoms with Gasteiger partial charge in [0.25, 0.3) is 0 Å². The van der Waals surface area contributed by atoms with Crippen LogP contribution in [0.1, 0.15) is 53.4 Å². The van der Waals surface area contributed by atoms with Crippen molar-refractivity contribution in [2.45, 2.75) is 71.6 Å². The lowest BCUT2D eigenvalue weighted by Crippen LogP contribution is -2.47. The number of nitrogens with zero attached hydrogens (tertiary/aromatic N) is 1. The Morgan fingerprint density at radius 2 is 2.05 bits per heavy atom. The topological polar surface area (TPSA) is 24.5 Å². The van der Waals surface area contributed by atoms with Gasteiger partial charge in [0.15, 0.2) is 0 Å². The summed E-state index contributed by atoms with van der Waals surface area (Å²) in [6.07, 6.45) is 5.53. The van der Waals surface area contributed by atoms with Crippen LogP contribution in [0.3, 0.4) is 0 Å². The molecule has 2 rings (SSSR count). The monoisotopic (exact) mass is 282 g/mol. The van der Waals surface area contributed by atoms with E-state index in [2.05, 4.69) is 45.0 Å². The number of rotatable bonds is 6. The minimum atomic E-state index is 0.400. The third kappa shape index (κ3) is 3.55.